The van der Waals surface area contributed by atoms with E-state index in [1.165, 1.54) is 36.4 Å². The maximum atomic E-state index is 14.3. The highest BCUT2D eigenvalue weighted by Crippen LogP contribution is 2.30. The molecule has 3 N–H and O–H groups in total. The molecule has 0 atom stereocenters. The summed E-state index contributed by atoms with van der Waals surface area (Å²) in [6.07, 6.45) is 0. The Hall–Kier alpha value is -3.61. The molecule has 0 unspecified atom stereocenters. The first-order valence-electron chi connectivity index (χ1n) is 8.80. The molecule has 0 saturated carbocycles. The smallest absolute Gasteiger partial charge is 0.341 e. The van der Waals surface area contributed by atoms with E-state index in [2.05, 4.69) is 5.32 Å². The molecule has 3 aromatic carbocycles. The molecule has 0 heterocycles. The number of hydrogen-bond donors (Lipinski definition) is 3. The second-order valence-electron chi connectivity index (χ2n) is 6.48. The number of benzene rings is 3. The minimum absolute atomic E-state index is 0.000651. The molecule has 0 aromatic heterocycles. The van der Waals surface area contributed by atoms with Crippen molar-refractivity contribution in [1.29, 1.82) is 0 Å². The van der Waals surface area contributed by atoms with Crippen LogP contribution in [0.25, 0.3) is 11.1 Å². The highest BCUT2D eigenvalue weighted by Gasteiger charge is 2.13. The van der Waals surface area contributed by atoms with Crippen molar-refractivity contribution in [2.75, 3.05) is 11.9 Å². The van der Waals surface area contributed by atoms with E-state index >= 15 is 0 Å². The average Bonchev–Trinajstić information content (AvgIpc) is 2.66. The second-order valence-corrected chi connectivity index (χ2v) is 6.48. The van der Waals surface area contributed by atoms with Crippen LogP contribution in [0.1, 0.15) is 11.1 Å². The number of phenolic OH excluding ortho intramolecular Hbond substituents is 1. The number of phenols is 1. The molecule has 0 amide bonds. The van der Waals surface area contributed by atoms with Gasteiger partial charge in [-0.1, -0.05) is 12.1 Å². The quantitative estimate of drug-likeness (QED) is 0.536. The lowest BCUT2D eigenvalue weighted by Gasteiger charge is -2.15. The van der Waals surface area contributed by atoms with Gasteiger partial charge in [0.15, 0.2) is 6.61 Å². The van der Waals surface area contributed by atoms with Gasteiger partial charge in [-0.3, -0.25) is 0 Å². The summed E-state index contributed by atoms with van der Waals surface area (Å²) in [4.78, 5) is 10.7. The number of carboxylic acids is 1. The molecule has 0 spiro atoms. The van der Waals surface area contributed by atoms with Gasteiger partial charge in [-0.2, -0.15) is 0 Å². The standard InChI is InChI=1S/C22H19F2NO4/c1-13-20(29-12-21(27)28)6-5-19(24)22(13)25-11-14-7-16(10-18(26)8-14)15-3-2-4-17(23)9-15/h2-10,25-26H,11-12H2,1H3,(H,27,28). The molecular weight excluding hydrogens is 380 g/mol. The van der Waals surface area contributed by atoms with Crippen molar-refractivity contribution in [2.24, 2.45) is 0 Å². The largest absolute Gasteiger partial charge is 0.508 e. The molecule has 0 aliphatic carbocycles. The monoisotopic (exact) mass is 399 g/mol. The number of nitrogens with one attached hydrogen (secondary N) is 1. The summed E-state index contributed by atoms with van der Waals surface area (Å²) in [6, 6.07) is 13.4. The van der Waals surface area contributed by atoms with Crippen LogP contribution >= 0.6 is 0 Å². The Kier molecular flexibility index (Phi) is 5.97. The van der Waals surface area contributed by atoms with E-state index < -0.39 is 18.4 Å². The Morgan fingerprint density at radius 1 is 1.07 bits per heavy atom. The average molecular weight is 399 g/mol. The predicted octanol–water partition coefficient (Wildman–Crippen LogP) is 4.72. The van der Waals surface area contributed by atoms with Crippen molar-refractivity contribution in [1.82, 2.24) is 0 Å². The Morgan fingerprint density at radius 2 is 1.86 bits per heavy atom. The van der Waals surface area contributed by atoms with Crippen LogP contribution in [0, 0.1) is 18.6 Å². The molecule has 29 heavy (non-hydrogen) atoms. The van der Waals surface area contributed by atoms with Crippen molar-refractivity contribution in [3.8, 4) is 22.6 Å². The van der Waals surface area contributed by atoms with Gasteiger partial charge < -0.3 is 20.3 Å². The Bertz CT molecular complexity index is 1050. The number of ether oxygens (including phenoxy) is 1. The summed E-state index contributed by atoms with van der Waals surface area (Å²) >= 11 is 0. The third-order valence-corrected chi connectivity index (χ3v) is 4.32. The van der Waals surface area contributed by atoms with Crippen LogP contribution in [0.5, 0.6) is 11.5 Å². The van der Waals surface area contributed by atoms with Gasteiger partial charge in [0.25, 0.3) is 0 Å². The van der Waals surface area contributed by atoms with Crippen molar-refractivity contribution >= 4 is 11.7 Å². The number of hydrogen-bond acceptors (Lipinski definition) is 4. The summed E-state index contributed by atoms with van der Waals surface area (Å²) in [5.41, 5.74) is 2.48. The van der Waals surface area contributed by atoms with E-state index in [9.17, 15) is 18.7 Å². The van der Waals surface area contributed by atoms with Gasteiger partial charge in [-0.15, -0.1) is 0 Å². The van der Waals surface area contributed by atoms with Gasteiger partial charge in [-0.25, -0.2) is 13.6 Å². The summed E-state index contributed by atoms with van der Waals surface area (Å²) in [5, 5.41) is 21.7. The van der Waals surface area contributed by atoms with Crippen LogP contribution < -0.4 is 10.1 Å². The topological polar surface area (TPSA) is 78.8 Å². The van der Waals surface area contributed by atoms with Gasteiger partial charge >= 0.3 is 5.97 Å². The molecule has 0 bridgehead atoms. The molecule has 0 saturated heterocycles. The molecular formula is C22H19F2NO4. The van der Waals surface area contributed by atoms with Gasteiger partial charge in [0, 0.05) is 12.1 Å². The Labute approximate surface area is 166 Å². The molecule has 5 nitrogen and oxygen atoms in total. The van der Waals surface area contributed by atoms with Crippen molar-refractivity contribution < 1.29 is 28.5 Å². The van der Waals surface area contributed by atoms with Crippen LogP contribution in [0.3, 0.4) is 0 Å². The number of aliphatic carboxylic acids is 1. The number of carboxylic acid groups (broad SMARTS) is 1. The first-order chi connectivity index (χ1) is 13.8. The minimum atomic E-state index is -1.13. The summed E-state index contributed by atoms with van der Waals surface area (Å²) < 4.78 is 32.9. The van der Waals surface area contributed by atoms with Crippen LogP contribution in [-0.2, 0) is 11.3 Å². The lowest BCUT2D eigenvalue weighted by molar-refractivity contribution is -0.139. The summed E-state index contributed by atoms with van der Waals surface area (Å²) in [6.45, 7) is 1.26. The van der Waals surface area contributed by atoms with Crippen molar-refractivity contribution in [3.05, 3.63) is 77.4 Å². The number of rotatable bonds is 7. The fraction of sp³-hybridized carbons (Fsp3) is 0.136. The minimum Gasteiger partial charge on any atom is -0.508 e. The SMILES string of the molecule is Cc1c(OCC(=O)O)ccc(F)c1NCc1cc(O)cc(-c2cccc(F)c2)c1. The van der Waals surface area contributed by atoms with Gasteiger partial charge in [0.05, 0.1) is 5.69 Å². The summed E-state index contributed by atoms with van der Waals surface area (Å²) in [5.74, 6) is -1.78. The highest BCUT2D eigenvalue weighted by atomic mass is 19.1. The van der Waals surface area contributed by atoms with Crippen molar-refractivity contribution in [3.63, 3.8) is 0 Å². The van der Waals surface area contributed by atoms with Crippen LogP contribution in [0.4, 0.5) is 14.5 Å². The molecule has 3 rings (SSSR count). The predicted molar refractivity (Wildman–Crippen MR) is 105 cm³/mol. The van der Waals surface area contributed by atoms with E-state index in [0.29, 0.717) is 22.3 Å². The van der Waals surface area contributed by atoms with E-state index in [1.807, 2.05) is 0 Å². The molecule has 3 aromatic rings. The number of aromatic hydroxyl groups is 1. The molecule has 0 aliphatic heterocycles. The zero-order chi connectivity index (χ0) is 21.0. The maximum Gasteiger partial charge on any atom is 0.341 e. The van der Waals surface area contributed by atoms with Crippen LogP contribution in [0.15, 0.2) is 54.6 Å². The Balaban J connectivity index is 1.83. The maximum absolute atomic E-state index is 14.3. The number of carbonyl (C=O) groups is 1. The highest BCUT2D eigenvalue weighted by molar-refractivity contribution is 5.69. The normalized spacial score (nSPS) is 10.6. The van der Waals surface area contributed by atoms with Gasteiger partial charge in [0.1, 0.15) is 23.1 Å². The zero-order valence-electron chi connectivity index (χ0n) is 15.6. The molecule has 0 fully saturated rings. The molecule has 7 heteroatoms. The lowest BCUT2D eigenvalue weighted by Crippen LogP contribution is -2.11. The lowest BCUT2D eigenvalue weighted by atomic mass is 10.0. The van der Waals surface area contributed by atoms with E-state index in [0.717, 1.165) is 0 Å². The summed E-state index contributed by atoms with van der Waals surface area (Å²) in [7, 11) is 0. The first-order valence-corrected chi connectivity index (χ1v) is 8.80. The first kappa shape index (κ1) is 20.1. The van der Waals surface area contributed by atoms with Crippen molar-refractivity contribution in [2.45, 2.75) is 13.5 Å². The molecule has 0 aliphatic rings. The van der Waals surface area contributed by atoms with E-state index in [4.69, 9.17) is 9.84 Å². The third-order valence-electron chi connectivity index (χ3n) is 4.32. The Morgan fingerprint density at radius 3 is 2.59 bits per heavy atom. The fourth-order valence-electron chi connectivity index (χ4n) is 2.97. The number of anilines is 1. The van der Waals surface area contributed by atoms with Crippen LogP contribution in [-0.4, -0.2) is 22.8 Å². The fourth-order valence-corrected chi connectivity index (χ4v) is 2.97. The van der Waals surface area contributed by atoms with Crippen LogP contribution in [0.2, 0.25) is 0 Å². The van der Waals surface area contributed by atoms with E-state index in [1.54, 1.807) is 25.1 Å². The third kappa shape index (κ3) is 5.01. The second kappa shape index (κ2) is 8.60. The van der Waals surface area contributed by atoms with Gasteiger partial charge in [-0.05, 0) is 66.1 Å². The zero-order valence-corrected chi connectivity index (χ0v) is 15.6. The molecule has 150 valence electrons. The molecule has 0 radical (unpaired) electrons. The van der Waals surface area contributed by atoms with E-state index in [-0.39, 0.29) is 29.5 Å². The number of halogens is 2. The van der Waals surface area contributed by atoms with Gasteiger partial charge in [0.2, 0.25) is 0 Å².